The number of morpholine rings is 1. The highest BCUT2D eigenvalue weighted by molar-refractivity contribution is 14.0. The van der Waals surface area contributed by atoms with Gasteiger partial charge in [-0.1, -0.05) is 30.3 Å². The smallest absolute Gasteiger partial charge is 0.194 e. The molecule has 0 atom stereocenters. The second-order valence-corrected chi connectivity index (χ2v) is 6.94. The van der Waals surface area contributed by atoms with Crippen LogP contribution in [0.25, 0.3) is 0 Å². The molecule has 0 saturated carbocycles. The van der Waals surface area contributed by atoms with Crippen LogP contribution in [0.2, 0.25) is 0 Å². The molecule has 0 amide bonds. The summed E-state index contributed by atoms with van der Waals surface area (Å²) in [5, 5.41) is 3.47. The number of halogens is 1. The molecule has 27 heavy (non-hydrogen) atoms. The first-order chi connectivity index (χ1) is 12.8. The van der Waals surface area contributed by atoms with Crippen molar-refractivity contribution in [2.75, 3.05) is 72.1 Å². The second-order valence-electron chi connectivity index (χ2n) is 6.94. The Labute approximate surface area is 181 Å². The monoisotopic (exact) mass is 487 g/mol. The molecule has 0 aromatic heterocycles. The molecule has 1 N–H and O–H groups in total. The number of hydrogen-bond acceptors (Lipinski definition) is 4. The first-order valence-electron chi connectivity index (χ1n) is 9.95. The zero-order valence-corrected chi connectivity index (χ0v) is 18.8. The van der Waals surface area contributed by atoms with Gasteiger partial charge in [-0.3, -0.25) is 14.8 Å². The van der Waals surface area contributed by atoms with Gasteiger partial charge in [-0.15, -0.1) is 24.0 Å². The normalized spacial score (nSPS) is 19.6. The molecule has 0 aliphatic carbocycles. The zero-order chi connectivity index (χ0) is 18.0. The lowest BCUT2D eigenvalue weighted by molar-refractivity contribution is 0.0394. The lowest BCUT2D eigenvalue weighted by atomic mass is 10.2. The molecule has 0 unspecified atom stereocenters. The van der Waals surface area contributed by atoms with Crippen molar-refractivity contribution >= 4 is 29.9 Å². The standard InChI is InChI=1S/C20H33N5O.HI/c1-2-21-20(22-8-9-23-14-16-26-17-15-23)25-12-10-24(11-13-25)18-19-6-4-3-5-7-19;/h3-7H,2,8-18H2,1H3,(H,21,22);1H. The van der Waals surface area contributed by atoms with E-state index in [4.69, 9.17) is 9.73 Å². The van der Waals surface area contributed by atoms with Crippen LogP contribution in [0, 0.1) is 0 Å². The third-order valence-electron chi connectivity index (χ3n) is 5.04. The summed E-state index contributed by atoms with van der Waals surface area (Å²) in [6, 6.07) is 10.7. The van der Waals surface area contributed by atoms with Gasteiger partial charge in [0.1, 0.15) is 0 Å². The van der Waals surface area contributed by atoms with Gasteiger partial charge in [-0.25, -0.2) is 0 Å². The number of hydrogen-bond donors (Lipinski definition) is 1. The summed E-state index contributed by atoms with van der Waals surface area (Å²) in [6.07, 6.45) is 0. The molecule has 0 radical (unpaired) electrons. The maximum atomic E-state index is 5.41. The topological polar surface area (TPSA) is 43.3 Å². The van der Waals surface area contributed by atoms with Crippen molar-refractivity contribution < 1.29 is 4.74 Å². The Bertz CT molecular complexity index is 543. The molecule has 2 fully saturated rings. The lowest BCUT2D eigenvalue weighted by Gasteiger charge is -2.36. The molecule has 3 rings (SSSR count). The van der Waals surface area contributed by atoms with E-state index in [-0.39, 0.29) is 24.0 Å². The van der Waals surface area contributed by atoms with Crippen molar-refractivity contribution in [1.82, 2.24) is 20.0 Å². The van der Waals surface area contributed by atoms with Crippen LogP contribution in [-0.4, -0.2) is 92.8 Å². The average Bonchev–Trinajstić information content (AvgIpc) is 2.70. The van der Waals surface area contributed by atoms with Gasteiger partial charge < -0.3 is 15.0 Å². The van der Waals surface area contributed by atoms with Gasteiger partial charge in [0.25, 0.3) is 0 Å². The zero-order valence-electron chi connectivity index (χ0n) is 16.5. The molecule has 2 heterocycles. The second kappa shape index (κ2) is 12.5. The van der Waals surface area contributed by atoms with Crippen LogP contribution in [-0.2, 0) is 11.3 Å². The number of piperazine rings is 1. The molecule has 0 spiro atoms. The molecule has 1 aromatic carbocycles. The summed E-state index contributed by atoms with van der Waals surface area (Å²) in [6.45, 7) is 14.0. The van der Waals surface area contributed by atoms with E-state index in [1.807, 2.05) is 0 Å². The Morgan fingerprint density at radius 2 is 1.70 bits per heavy atom. The van der Waals surface area contributed by atoms with E-state index in [1.54, 1.807) is 0 Å². The maximum absolute atomic E-state index is 5.41. The summed E-state index contributed by atoms with van der Waals surface area (Å²) in [5.41, 5.74) is 1.40. The quantitative estimate of drug-likeness (QED) is 0.376. The first kappa shape index (κ1) is 22.4. The molecular weight excluding hydrogens is 453 g/mol. The Morgan fingerprint density at radius 3 is 2.37 bits per heavy atom. The molecule has 6 nitrogen and oxygen atoms in total. The van der Waals surface area contributed by atoms with Gasteiger partial charge in [0.2, 0.25) is 0 Å². The Kier molecular flexibility index (Phi) is 10.4. The van der Waals surface area contributed by atoms with Crippen molar-refractivity contribution in [1.29, 1.82) is 0 Å². The van der Waals surface area contributed by atoms with E-state index in [0.29, 0.717) is 0 Å². The van der Waals surface area contributed by atoms with E-state index in [9.17, 15) is 0 Å². The fourth-order valence-electron chi connectivity index (χ4n) is 3.51. The van der Waals surface area contributed by atoms with E-state index < -0.39 is 0 Å². The third-order valence-corrected chi connectivity index (χ3v) is 5.04. The van der Waals surface area contributed by atoms with Crippen molar-refractivity contribution in [2.45, 2.75) is 13.5 Å². The number of aliphatic imine (C=N–C) groups is 1. The van der Waals surface area contributed by atoms with Gasteiger partial charge in [-0.2, -0.15) is 0 Å². The summed E-state index contributed by atoms with van der Waals surface area (Å²) in [7, 11) is 0. The largest absolute Gasteiger partial charge is 0.379 e. The van der Waals surface area contributed by atoms with Crippen LogP contribution in [0.4, 0.5) is 0 Å². The maximum Gasteiger partial charge on any atom is 0.194 e. The first-order valence-corrected chi connectivity index (χ1v) is 9.95. The van der Waals surface area contributed by atoms with Gasteiger partial charge in [0.15, 0.2) is 5.96 Å². The van der Waals surface area contributed by atoms with Crippen molar-refractivity contribution in [3.8, 4) is 0 Å². The third kappa shape index (κ3) is 7.56. The molecule has 2 aliphatic heterocycles. The molecule has 0 bridgehead atoms. The summed E-state index contributed by atoms with van der Waals surface area (Å²) in [5.74, 6) is 1.07. The fraction of sp³-hybridized carbons (Fsp3) is 0.650. The number of nitrogens with one attached hydrogen (secondary N) is 1. The lowest BCUT2D eigenvalue weighted by Crippen LogP contribution is -2.52. The Morgan fingerprint density at radius 1 is 1.00 bits per heavy atom. The SMILES string of the molecule is CCNC(=NCCN1CCOCC1)N1CCN(Cc2ccccc2)CC1.I. The van der Waals surface area contributed by atoms with Gasteiger partial charge >= 0.3 is 0 Å². The highest BCUT2D eigenvalue weighted by Gasteiger charge is 2.19. The van der Waals surface area contributed by atoms with Crippen LogP contribution in [0.15, 0.2) is 35.3 Å². The Balaban J connectivity index is 0.00000261. The molecule has 152 valence electrons. The van der Waals surface area contributed by atoms with E-state index in [2.05, 4.69) is 57.3 Å². The van der Waals surface area contributed by atoms with Crippen LogP contribution >= 0.6 is 24.0 Å². The van der Waals surface area contributed by atoms with Gasteiger partial charge in [0.05, 0.1) is 19.8 Å². The molecular formula is C20H34IN5O. The fourth-order valence-corrected chi connectivity index (χ4v) is 3.51. The minimum Gasteiger partial charge on any atom is -0.379 e. The Hall–Kier alpha value is -0.900. The van der Waals surface area contributed by atoms with E-state index in [0.717, 1.165) is 84.6 Å². The average molecular weight is 487 g/mol. The summed E-state index contributed by atoms with van der Waals surface area (Å²) >= 11 is 0. The highest BCUT2D eigenvalue weighted by atomic mass is 127. The van der Waals surface area contributed by atoms with Crippen molar-refractivity contribution in [3.05, 3.63) is 35.9 Å². The van der Waals surface area contributed by atoms with E-state index >= 15 is 0 Å². The highest BCUT2D eigenvalue weighted by Crippen LogP contribution is 2.08. The molecule has 2 aliphatic rings. The number of nitrogens with zero attached hydrogens (tertiary/aromatic N) is 4. The van der Waals surface area contributed by atoms with Gasteiger partial charge in [-0.05, 0) is 12.5 Å². The minimum atomic E-state index is 0. The van der Waals surface area contributed by atoms with Crippen LogP contribution in [0.5, 0.6) is 0 Å². The number of ether oxygens (including phenoxy) is 1. The van der Waals surface area contributed by atoms with Crippen LogP contribution < -0.4 is 5.32 Å². The van der Waals surface area contributed by atoms with Crippen LogP contribution in [0.3, 0.4) is 0 Å². The summed E-state index contributed by atoms with van der Waals surface area (Å²) < 4.78 is 5.41. The summed E-state index contributed by atoms with van der Waals surface area (Å²) in [4.78, 5) is 12.2. The minimum absolute atomic E-state index is 0. The number of benzene rings is 1. The van der Waals surface area contributed by atoms with Crippen molar-refractivity contribution in [3.63, 3.8) is 0 Å². The predicted octanol–water partition coefficient (Wildman–Crippen LogP) is 1.72. The van der Waals surface area contributed by atoms with E-state index in [1.165, 1.54) is 5.56 Å². The molecule has 2 saturated heterocycles. The number of guanidine groups is 1. The van der Waals surface area contributed by atoms with Crippen LogP contribution in [0.1, 0.15) is 12.5 Å². The molecule has 1 aromatic rings. The molecule has 7 heteroatoms. The predicted molar refractivity (Wildman–Crippen MR) is 122 cm³/mol. The number of rotatable bonds is 6. The van der Waals surface area contributed by atoms with Crippen molar-refractivity contribution in [2.24, 2.45) is 4.99 Å². The van der Waals surface area contributed by atoms with Gasteiger partial charge in [0, 0.05) is 58.9 Å².